The maximum atomic E-state index is 12.0. The van der Waals surface area contributed by atoms with Gasteiger partial charge in [0.05, 0.1) is 6.10 Å². The highest BCUT2D eigenvalue weighted by molar-refractivity contribution is 6.30. The van der Waals surface area contributed by atoms with Gasteiger partial charge in [0, 0.05) is 11.6 Å². The van der Waals surface area contributed by atoms with Gasteiger partial charge in [-0.05, 0) is 43.5 Å². The lowest BCUT2D eigenvalue weighted by atomic mass is 10.1. The van der Waals surface area contributed by atoms with E-state index in [0.717, 1.165) is 12.8 Å². The number of carbonyl (C=O) groups excluding carboxylic acids is 2. The van der Waals surface area contributed by atoms with E-state index in [4.69, 9.17) is 21.1 Å². The number of ketones is 1. The first-order chi connectivity index (χ1) is 10.1. The van der Waals surface area contributed by atoms with Crippen molar-refractivity contribution in [1.29, 1.82) is 0 Å². The number of halogens is 1. The molecule has 1 fully saturated rings. The predicted molar refractivity (Wildman–Crippen MR) is 80.0 cm³/mol. The van der Waals surface area contributed by atoms with Gasteiger partial charge >= 0.3 is 5.97 Å². The van der Waals surface area contributed by atoms with E-state index >= 15 is 0 Å². The Morgan fingerprint density at radius 2 is 2.29 bits per heavy atom. The molecule has 1 saturated heterocycles. The molecule has 1 aliphatic heterocycles. The van der Waals surface area contributed by atoms with Crippen LogP contribution < -0.4 is 0 Å². The summed E-state index contributed by atoms with van der Waals surface area (Å²) in [7, 11) is 0. The summed E-state index contributed by atoms with van der Waals surface area (Å²) in [5.41, 5.74) is 0.692. The topological polar surface area (TPSA) is 52.6 Å². The van der Waals surface area contributed by atoms with Gasteiger partial charge in [-0.3, -0.25) is 4.79 Å². The molecule has 1 aromatic rings. The largest absolute Gasteiger partial charge is 0.459 e. The molecule has 1 unspecified atom stereocenters. The number of esters is 1. The molecule has 1 aromatic carbocycles. The maximum Gasteiger partial charge on any atom is 0.341 e. The highest BCUT2D eigenvalue weighted by Gasteiger charge is 2.21. The number of Topliss-reactive ketones (excluding diaryl/α,β-unsaturated/α-hetero) is 1. The third kappa shape index (κ3) is 4.69. The molecule has 2 rings (SSSR count). The van der Waals surface area contributed by atoms with Crippen LogP contribution >= 0.6 is 11.6 Å². The number of hydrogen-bond donors (Lipinski definition) is 0. The molecule has 0 saturated carbocycles. The fourth-order valence-electron chi connectivity index (χ4n) is 2.09. The van der Waals surface area contributed by atoms with Crippen molar-refractivity contribution in [2.75, 3.05) is 13.2 Å². The Balaban J connectivity index is 2.06. The second kappa shape index (κ2) is 7.38. The molecule has 112 valence electrons. The molecule has 0 amide bonds. The van der Waals surface area contributed by atoms with Gasteiger partial charge in [0.1, 0.15) is 12.2 Å². The van der Waals surface area contributed by atoms with E-state index in [0.29, 0.717) is 17.2 Å². The average molecular weight is 309 g/mol. The van der Waals surface area contributed by atoms with Crippen LogP contribution in [0.3, 0.4) is 0 Å². The third-order valence-electron chi connectivity index (χ3n) is 3.18. The van der Waals surface area contributed by atoms with Crippen molar-refractivity contribution in [3.63, 3.8) is 0 Å². The lowest BCUT2D eigenvalue weighted by molar-refractivity contribution is -0.143. The Hall–Kier alpha value is -1.65. The zero-order chi connectivity index (χ0) is 15.2. The van der Waals surface area contributed by atoms with Crippen LogP contribution in [0.25, 0.3) is 6.08 Å². The normalized spacial score (nSPS) is 18.6. The second-order valence-electron chi connectivity index (χ2n) is 4.90. The fraction of sp³-hybridized carbons (Fsp3) is 0.375. The quantitative estimate of drug-likeness (QED) is 0.363. The van der Waals surface area contributed by atoms with Crippen LogP contribution in [0.5, 0.6) is 0 Å². The van der Waals surface area contributed by atoms with Gasteiger partial charge in [0.15, 0.2) is 5.78 Å². The molecule has 0 aliphatic carbocycles. The summed E-state index contributed by atoms with van der Waals surface area (Å²) < 4.78 is 10.5. The summed E-state index contributed by atoms with van der Waals surface area (Å²) in [6, 6.07) is 6.92. The van der Waals surface area contributed by atoms with Crippen LogP contribution in [0.4, 0.5) is 0 Å². The van der Waals surface area contributed by atoms with Crippen molar-refractivity contribution in [3.8, 4) is 0 Å². The average Bonchev–Trinajstić information content (AvgIpc) is 2.95. The monoisotopic (exact) mass is 308 g/mol. The van der Waals surface area contributed by atoms with Gasteiger partial charge in [0.25, 0.3) is 0 Å². The van der Waals surface area contributed by atoms with Gasteiger partial charge in [-0.2, -0.15) is 0 Å². The lowest BCUT2D eigenvalue weighted by Gasteiger charge is -2.11. The van der Waals surface area contributed by atoms with Crippen LogP contribution in [-0.4, -0.2) is 31.1 Å². The second-order valence-corrected chi connectivity index (χ2v) is 5.34. The number of carbonyl (C=O) groups is 2. The van der Waals surface area contributed by atoms with E-state index in [1.165, 1.54) is 13.0 Å². The molecule has 4 nitrogen and oxygen atoms in total. The minimum atomic E-state index is -0.627. The minimum Gasteiger partial charge on any atom is -0.459 e. The van der Waals surface area contributed by atoms with Gasteiger partial charge in [0.2, 0.25) is 0 Å². The highest BCUT2D eigenvalue weighted by atomic mass is 35.5. The summed E-state index contributed by atoms with van der Waals surface area (Å²) >= 11 is 5.89. The Morgan fingerprint density at radius 1 is 1.48 bits per heavy atom. The van der Waals surface area contributed by atoms with Gasteiger partial charge in [-0.25, -0.2) is 4.79 Å². The molecule has 1 aliphatic rings. The molecule has 1 atom stereocenters. The molecule has 0 aromatic heterocycles. The molecular weight excluding hydrogens is 292 g/mol. The van der Waals surface area contributed by atoms with E-state index in [-0.39, 0.29) is 24.1 Å². The molecule has 0 bridgehead atoms. The van der Waals surface area contributed by atoms with Crippen molar-refractivity contribution >= 4 is 29.4 Å². The van der Waals surface area contributed by atoms with Crippen LogP contribution in [0, 0.1) is 0 Å². The van der Waals surface area contributed by atoms with Gasteiger partial charge in [-0.1, -0.05) is 23.7 Å². The zero-order valence-electron chi connectivity index (χ0n) is 11.8. The van der Waals surface area contributed by atoms with E-state index in [2.05, 4.69) is 0 Å². The number of rotatable bonds is 5. The Morgan fingerprint density at radius 3 is 2.90 bits per heavy atom. The summed E-state index contributed by atoms with van der Waals surface area (Å²) in [5.74, 6) is -0.967. The van der Waals surface area contributed by atoms with E-state index in [1.54, 1.807) is 24.3 Å². The molecular formula is C16H17ClO4. The van der Waals surface area contributed by atoms with Crippen LogP contribution in [-0.2, 0) is 19.1 Å². The van der Waals surface area contributed by atoms with Crippen molar-refractivity contribution in [3.05, 3.63) is 40.4 Å². The first kappa shape index (κ1) is 15.7. The van der Waals surface area contributed by atoms with Gasteiger partial charge in [-0.15, -0.1) is 0 Å². The van der Waals surface area contributed by atoms with Crippen molar-refractivity contribution in [2.45, 2.75) is 25.9 Å². The molecule has 0 N–H and O–H groups in total. The first-order valence-corrected chi connectivity index (χ1v) is 7.21. The maximum absolute atomic E-state index is 12.0. The lowest BCUT2D eigenvalue weighted by Crippen LogP contribution is -2.21. The van der Waals surface area contributed by atoms with Crippen molar-refractivity contribution in [1.82, 2.24) is 0 Å². The molecule has 21 heavy (non-hydrogen) atoms. The molecule has 1 heterocycles. The molecule has 0 spiro atoms. The first-order valence-electron chi connectivity index (χ1n) is 6.83. The summed E-state index contributed by atoms with van der Waals surface area (Å²) in [6.45, 7) is 2.21. The van der Waals surface area contributed by atoms with E-state index < -0.39 is 5.97 Å². The number of benzene rings is 1. The zero-order valence-corrected chi connectivity index (χ0v) is 12.6. The number of hydrogen-bond acceptors (Lipinski definition) is 4. The minimum absolute atomic E-state index is 0.00950. The summed E-state index contributed by atoms with van der Waals surface area (Å²) in [6.07, 6.45) is 3.28. The van der Waals surface area contributed by atoms with Gasteiger partial charge < -0.3 is 9.47 Å². The van der Waals surface area contributed by atoms with Crippen LogP contribution in [0.15, 0.2) is 29.8 Å². The molecule has 5 heteroatoms. The highest BCUT2D eigenvalue weighted by Crippen LogP contribution is 2.16. The SMILES string of the molecule is CC(=O)/C(=C/c1cccc(Cl)c1)C(=O)OCC1CCCO1. The Kier molecular flexibility index (Phi) is 5.53. The van der Waals surface area contributed by atoms with Crippen LogP contribution in [0.1, 0.15) is 25.3 Å². The number of ether oxygens (including phenoxy) is 2. The Labute approximate surface area is 128 Å². The third-order valence-corrected chi connectivity index (χ3v) is 3.42. The van der Waals surface area contributed by atoms with Crippen LogP contribution in [0.2, 0.25) is 5.02 Å². The smallest absolute Gasteiger partial charge is 0.341 e. The van der Waals surface area contributed by atoms with E-state index in [9.17, 15) is 9.59 Å². The van der Waals surface area contributed by atoms with Crippen molar-refractivity contribution in [2.24, 2.45) is 0 Å². The van der Waals surface area contributed by atoms with Crippen molar-refractivity contribution < 1.29 is 19.1 Å². The predicted octanol–water partition coefficient (Wildman–Crippen LogP) is 3.03. The fourth-order valence-corrected chi connectivity index (χ4v) is 2.29. The standard InChI is InChI=1S/C16H17ClO4/c1-11(18)15(9-12-4-2-5-13(17)8-12)16(19)21-10-14-6-3-7-20-14/h2,4-5,8-9,14H,3,6-7,10H2,1H3/b15-9-. The van der Waals surface area contributed by atoms with E-state index in [1.807, 2.05) is 0 Å². The summed E-state index contributed by atoms with van der Waals surface area (Å²) in [5, 5.41) is 0.541. The summed E-state index contributed by atoms with van der Waals surface area (Å²) in [4.78, 5) is 23.7. The Bertz CT molecular complexity index is 559. The molecule has 0 radical (unpaired) electrons.